The Kier molecular flexibility index (Phi) is 7.41. The molecule has 2 rings (SSSR count). The lowest BCUT2D eigenvalue weighted by Gasteiger charge is -2.12. The van der Waals surface area contributed by atoms with Gasteiger partial charge < -0.3 is 10.1 Å². The van der Waals surface area contributed by atoms with E-state index in [2.05, 4.69) is 12.2 Å². The predicted molar refractivity (Wildman–Crippen MR) is 100 cm³/mol. The highest BCUT2D eigenvalue weighted by Crippen LogP contribution is 2.27. The van der Waals surface area contributed by atoms with Crippen molar-refractivity contribution in [2.45, 2.75) is 32.6 Å². The average molecular weight is 366 g/mol. The van der Waals surface area contributed by atoms with Gasteiger partial charge in [0.05, 0.1) is 22.9 Å². The average Bonchev–Trinajstić information content (AvgIpc) is 2.57. The van der Waals surface area contributed by atoms with Gasteiger partial charge in [0, 0.05) is 5.02 Å². The number of hydrogen-bond acceptors (Lipinski definition) is 2. The maximum atomic E-state index is 12.5. The zero-order valence-corrected chi connectivity index (χ0v) is 15.2. The fraction of sp³-hybridized carbons (Fsp3) is 0.316. The SMILES string of the molecule is CCCCCCOc1ccccc1C(=O)Nc1ccc(Cl)cc1Cl. The number of unbranched alkanes of at least 4 members (excludes halogenated alkanes) is 3. The van der Waals surface area contributed by atoms with Gasteiger partial charge in [0.2, 0.25) is 0 Å². The lowest BCUT2D eigenvalue weighted by Crippen LogP contribution is -2.14. The van der Waals surface area contributed by atoms with Gasteiger partial charge in [-0.25, -0.2) is 0 Å². The van der Waals surface area contributed by atoms with Gasteiger partial charge in [-0.3, -0.25) is 4.79 Å². The number of para-hydroxylation sites is 1. The van der Waals surface area contributed by atoms with Crippen molar-refractivity contribution in [3.05, 3.63) is 58.1 Å². The first kappa shape index (κ1) is 18.6. The molecule has 1 amide bonds. The second-order valence-corrected chi connectivity index (χ2v) is 6.33. The first-order valence-corrected chi connectivity index (χ1v) is 8.85. The molecule has 0 bridgehead atoms. The summed E-state index contributed by atoms with van der Waals surface area (Å²) in [4.78, 5) is 12.5. The number of nitrogens with one attached hydrogen (secondary N) is 1. The minimum Gasteiger partial charge on any atom is -0.493 e. The molecule has 24 heavy (non-hydrogen) atoms. The third-order valence-corrected chi connectivity index (χ3v) is 4.11. The van der Waals surface area contributed by atoms with Crippen LogP contribution in [0.15, 0.2) is 42.5 Å². The van der Waals surface area contributed by atoms with Crippen LogP contribution in [0.5, 0.6) is 5.75 Å². The summed E-state index contributed by atoms with van der Waals surface area (Å²) in [6.07, 6.45) is 4.49. The van der Waals surface area contributed by atoms with Crippen LogP contribution < -0.4 is 10.1 Å². The summed E-state index contributed by atoms with van der Waals surface area (Å²) < 4.78 is 5.78. The zero-order valence-electron chi connectivity index (χ0n) is 13.6. The summed E-state index contributed by atoms with van der Waals surface area (Å²) in [6.45, 7) is 2.77. The van der Waals surface area contributed by atoms with Crippen molar-refractivity contribution in [1.82, 2.24) is 0 Å². The third kappa shape index (κ3) is 5.43. The lowest BCUT2D eigenvalue weighted by molar-refractivity contribution is 0.102. The van der Waals surface area contributed by atoms with Crippen LogP contribution >= 0.6 is 23.2 Å². The first-order chi connectivity index (χ1) is 11.6. The normalized spacial score (nSPS) is 10.5. The number of carbonyl (C=O) groups is 1. The van der Waals surface area contributed by atoms with E-state index in [9.17, 15) is 4.79 Å². The van der Waals surface area contributed by atoms with Gasteiger partial charge in [-0.05, 0) is 36.8 Å². The van der Waals surface area contributed by atoms with E-state index in [4.69, 9.17) is 27.9 Å². The molecule has 3 nitrogen and oxygen atoms in total. The topological polar surface area (TPSA) is 38.3 Å². The van der Waals surface area contributed by atoms with Gasteiger partial charge in [-0.1, -0.05) is 61.5 Å². The summed E-state index contributed by atoms with van der Waals surface area (Å²) in [7, 11) is 0. The molecule has 2 aromatic rings. The molecule has 1 N–H and O–H groups in total. The van der Waals surface area contributed by atoms with E-state index < -0.39 is 0 Å². The van der Waals surface area contributed by atoms with Crippen LogP contribution in [0.4, 0.5) is 5.69 Å². The van der Waals surface area contributed by atoms with E-state index in [-0.39, 0.29) is 5.91 Å². The van der Waals surface area contributed by atoms with Crippen molar-refractivity contribution in [2.75, 3.05) is 11.9 Å². The summed E-state index contributed by atoms with van der Waals surface area (Å²) in [5.41, 5.74) is 1.00. The lowest BCUT2D eigenvalue weighted by atomic mass is 10.1. The quantitative estimate of drug-likeness (QED) is 0.565. The van der Waals surface area contributed by atoms with E-state index in [1.807, 2.05) is 12.1 Å². The fourth-order valence-electron chi connectivity index (χ4n) is 2.27. The van der Waals surface area contributed by atoms with Crippen molar-refractivity contribution in [3.63, 3.8) is 0 Å². The van der Waals surface area contributed by atoms with Gasteiger partial charge in [-0.2, -0.15) is 0 Å². The van der Waals surface area contributed by atoms with E-state index >= 15 is 0 Å². The first-order valence-electron chi connectivity index (χ1n) is 8.10. The molecule has 0 aliphatic carbocycles. The van der Waals surface area contributed by atoms with E-state index in [0.29, 0.717) is 33.7 Å². The Bertz CT molecular complexity index is 689. The van der Waals surface area contributed by atoms with Gasteiger partial charge in [0.1, 0.15) is 5.75 Å². The molecule has 0 radical (unpaired) electrons. The van der Waals surface area contributed by atoms with Crippen LogP contribution in [0.1, 0.15) is 43.0 Å². The molecule has 0 aromatic heterocycles. The number of benzene rings is 2. The molecule has 2 aromatic carbocycles. The molecule has 128 valence electrons. The standard InChI is InChI=1S/C19H21Cl2NO2/c1-2-3-4-7-12-24-18-9-6-5-8-15(18)19(23)22-17-11-10-14(20)13-16(17)21/h5-6,8-11,13H,2-4,7,12H2,1H3,(H,22,23). The molecular weight excluding hydrogens is 345 g/mol. The van der Waals surface area contributed by atoms with Crippen molar-refractivity contribution >= 4 is 34.8 Å². The molecule has 5 heteroatoms. The van der Waals surface area contributed by atoms with Crippen LogP contribution in [-0.2, 0) is 0 Å². The number of ether oxygens (including phenoxy) is 1. The number of anilines is 1. The summed E-state index contributed by atoms with van der Waals surface area (Å²) >= 11 is 12.0. The molecule has 0 aliphatic heterocycles. The number of halogens is 2. The van der Waals surface area contributed by atoms with Crippen molar-refractivity contribution < 1.29 is 9.53 Å². The number of rotatable bonds is 8. The number of carbonyl (C=O) groups excluding carboxylic acids is 1. The van der Waals surface area contributed by atoms with Crippen molar-refractivity contribution in [1.29, 1.82) is 0 Å². The van der Waals surface area contributed by atoms with Crippen LogP contribution in [0, 0.1) is 0 Å². The molecule has 0 saturated heterocycles. The Morgan fingerprint density at radius 1 is 1.08 bits per heavy atom. The molecule has 0 saturated carbocycles. The van der Waals surface area contributed by atoms with Crippen LogP contribution in [-0.4, -0.2) is 12.5 Å². The van der Waals surface area contributed by atoms with Crippen molar-refractivity contribution in [3.8, 4) is 5.75 Å². The Morgan fingerprint density at radius 3 is 2.62 bits per heavy atom. The summed E-state index contributed by atoms with van der Waals surface area (Å²) in [6, 6.07) is 12.2. The Morgan fingerprint density at radius 2 is 1.88 bits per heavy atom. The minimum absolute atomic E-state index is 0.261. The van der Waals surface area contributed by atoms with E-state index in [1.165, 1.54) is 12.8 Å². The summed E-state index contributed by atoms with van der Waals surface area (Å²) in [5.74, 6) is 0.319. The van der Waals surface area contributed by atoms with Crippen LogP contribution in [0.2, 0.25) is 10.0 Å². The van der Waals surface area contributed by atoms with E-state index in [1.54, 1.807) is 30.3 Å². The van der Waals surface area contributed by atoms with Gasteiger partial charge in [0.15, 0.2) is 0 Å². The summed E-state index contributed by atoms with van der Waals surface area (Å²) in [5, 5.41) is 3.71. The van der Waals surface area contributed by atoms with Gasteiger partial charge in [-0.15, -0.1) is 0 Å². The molecule has 0 unspecified atom stereocenters. The molecule has 0 spiro atoms. The highest BCUT2D eigenvalue weighted by atomic mass is 35.5. The number of hydrogen-bond donors (Lipinski definition) is 1. The van der Waals surface area contributed by atoms with E-state index in [0.717, 1.165) is 12.8 Å². The van der Waals surface area contributed by atoms with Gasteiger partial charge >= 0.3 is 0 Å². The molecule has 0 heterocycles. The molecule has 0 aliphatic rings. The Balaban J connectivity index is 2.03. The Labute approximate surface area is 152 Å². The van der Waals surface area contributed by atoms with Crippen LogP contribution in [0.25, 0.3) is 0 Å². The van der Waals surface area contributed by atoms with Crippen molar-refractivity contribution in [2.24, 2.45) is 0 Å². The highest BCUT2D eigenvalue weighted by Gasteiger charge is 2.13. The maximum Gasteiger partial charge on any atom is 0.259 e. The van der Waals surface area contributed by atoms with Gasteiger partial charge in [0.25, 0.3) is 5.91 Å². The number of amides is 1. The second kappa shape index (κ2) is 9.55. The minimum atomic E-state index is -0.261. The highest BCUT2D eigenvalue weighted by molar-refractivity contribution is 6.36. The maximum absolute atomic E-state index is 12.5. The largest absolute Gasteiger partial charge is 0.493 e. The smallest absolute Gasteiger partial charge is 0.259 e. The monoisotopic (exact) mass is 365 g/mol. The third-order valence-electron chi connectivity index (χ3n) is 3.57. The van der Waals surface area contributed by atoms with Crippen LogP contribution in [0.3, 0.4) is 0 Å². The molecular formula is C19H21Cl2NO2. The fourth-order valence-corrected chi connectivity index (χ4v) is 2.73. The molecule has 0 atom stereocenters. The Hall–Kier alpha value is -1.71. The second-order valence-electron chi connectivity index (χ2n) is 5.48. The zero-order chi connectivity index (χ0) is 17.4. The molecule has 0 fully saturated rings. The predicted octanol–water partition coefficient (Wildman–Crippen LogP) is 6.20.